The SMILES string of the molecule is NC(=O)Cc1nc(C2CCCC2)cc(=O)[nH]1. The van der Waals surface area contributed by atoms with Crippen LogP contribution in [0.5, 0.6) is 0 Å². The Hall–Kier alpha value is -1.65. The zero-order chi connectivity index (χ0) is 11.5. The molecule has 1 aromatic heterocycles. The van der Waals surface area contributed by atoms with E-state index in [1.807, 2.05) is 0 Å². The second-order valence-corrected chi connectivity index (χ2v) is 4.24. The Bertz CT molecular complexity index is 447. The van der Waals surface area contributed by atoms with Crippen molar-refractivity contribution in [2.24, 2.45) is 5.73 Å². The Morgan fingerprint density at radius 3 is 2.81 bits per heavy atom. The molecule has 0 saturated heterocycles. The van der Waals surface area contributed by atoms with Gasteiger partial charge in [0.1, 0.15) is 5.82 Å². The molecule has 0 aromatic carbocycles. The lowest BCUT2D eigenvalue weighted by atomic mass is 10.0. The molecule has 5 nitrogen and oxygen atoms in total. The summed E-state index contributed by atoms with van der Waals surface area (Å²) >= 11 is 0. The monoisotopic (exact) mass is 221 g/mol. The molecule has 86 valence electrons. The summed E-state index contributed by atoms with van der Waals surface area (Å²) in [4.78, 5) is 29.0. The summed E-state index contributed by atoms with van der Waals surface area (Å²) in [7, 11) is 0. The second-order valence-electron chi connectivity index (χ2n) is 4.24. The molecule has 1 aliphatic carbocycles. The van der Waals surface area contributed by atoms with Gasteiger partial charge in [-0.2, -0.15) is 0 Å². The number of H-pyrrole nitrogens is 1. The van der Waals surface area contributed by atoms with Crippen LogP contribution in [0.3, 0.4) is 0 Å². The molecule has 0 atom stereocenters. The predicted molar refractivity (Wildman–Crippen MR) is 59.0 cm³/mol. The van der Waals surface area contributed by atoms with Gasteiger partial charge in [0.15, 0.2) is 0 Å². The van der Waals surface area contributed by atoms with Crippen LogP contribution < -0.4 is 11.3 Å². The number of nitrogens with two attached hydrogens (primary N) is 1. The molecular formula is C11H15N3O2. The van der Waals surface area contributed by atoms with Gasteiger partial charge in [0.05, 0.1) is 12.1 Å². The van der Waals surface area contributed by atoms with Gasteiger partial charge in [0.2, 0.25) is 5.91 Å². The molecule has 0 bridgehead atoms. The molecule has 1 fully saturated rings. The highest BCUT2D eigenvalue weighted by molar-refractivity contribution is 5.75. The van der Waals surface area contributed by atoms with E-state index in [0.29, 0.717) is 11.7 Å². The van der Waals surface area contributed by atoms with Crippen LogP contribution in [0, 0.1) is 0 Å². The lowest BCUT2D eigenvalue weighted by Crippen LogP contribution is -2.20. The maximum Gasteiger partial charge on any atom is 0.251 e. The average molecular weight is 221 g/mol. The highest BCUT2D eigenvalue weighted by Crippen LogP contribution is 2.32. The Morgan fingerprint density at radius 2 is 2.19 bits per heavy atom. The van der Waals surface area contributed by atoms with Crippen LogP contribution >= 0.6 is 0 Å². The summed E-state index contributed by atoms with van der Waals surface area (Å²) < 4.78 is 0. The largest absolute Gasteiger partial charge is 0.369 e. The molecule has 1 aromatic rings. The standard InChI is InChI=1S/C11H15N3O2/c12-9(15)6-10-13-8(5-11(16)14-10)7-3-1-2-4-7/h5,7H,1-4,6H2,(H2,12,15)(H,13,14,16). The zero-order valence-electron chi connectivity index (χ0n) is 9.03. The first-order chi connectivity index (χ1) is 7.65. The van der Waals surface area contributed by atoms with Crippen LogP contribution in [0.2, 0.25) is 0 Å². The Morgan fingerprint density at radius 1 is 1.50 bits per heavy atom. The Labute approximate surface area is 93.1 Å². The van der Waals surface area contributed by atoms with E-state index in [9.17, 15) is 9.59 Å². The van der Waals surface area contributed by atoms with Crippen molar-refractivity contribution in [1.29, 1.82) is 0 Å². The summed E-state index contributed by atoms with van der Waals surface area (Å²) in [5.41, 5.74) is 5.68. The molecule has 0 spiro atoms. The van der Waals surface area contributed by atoms with Gasteiger partial charge in [0, 0.05) is 12.0 Å². The van der Waals surface area contributed by atoms with Crippen molar-refractivity contribution in [3.05, 3.63) is 27.9 Å². The minimum absolute atomic E-state index is 0.00417. The van der Waals surface area contributed by atoms with Crippen LogP contribution in [-0.2, 0) is 11.2 Å². The van der Waals surface area contributed by atoms with E-state index >= 15 is 0 Å². The fourth-order valence-electron chi connectivity index (χ4n) is 2.21. The molecule has 16 heavy (non-hydrogen) atoms. The molecule has 5 heteroatoms. The van der Waals surface area contributed by atoms with E-state index < -0.39 is 5.91 Å². The first-order valence-electron chi connectivity index (χ1n) is 5.53. The van der Waals surface area contributed by atoms with E-state index in [2.05, 4.69) is 9.97 Å². The summed E-state index contributed by atoms with van der Waals surface area (Å²) in [5, 5.41) is 0. The van der Waals surface area contributed by atoms with Gasteiger partial charge in [-0.1, -0.05) is 12.8 Å². The number of aromatic amines is 1. The number of carbonyl (C=O) groups excluding carboxylic acids is 1. The van der Waals surface area contributed by atoms with Crippen molar-refractivity contribution in [1.82, 2.24) is 9.97 Å². The number of hydrogen-bond acceptors (Lipinski definition) is 3. The average Bonchev–Trinajstić information content (AvgIpc) is 2.67. The number of primary amides is 1. The quantitative estimate of drug-likeness (QED) is 0.776. The smallest absolute Gasteiger partial charge is 0.251 e. The highest BCUT2D eigenvalue weighted by Gasteiger charge is 2.19. The van der Waals surface area contributed by atoms with Crippen molar-refractivity contribution in [3.8, 4) is 0 Å². The summed E-state index contributed by atoms with van der Waals surface area (Å²) in [6.45, 7) is 0. The van der Waals surface area contributed by atoms with Gasteiger partial charge >= 0.3 is 0 Å². The number of carbonyl (C=O) groups is 1. The van der Waals surface area contributed by atoms with Crippen LogP contribution in [0.25, 0.3) is 0 Å². The van der Waals surface area contributed by atoms with E-state index in [1.54, 1.807) is 0 Å². The number of nitrogens with one attached hydrogen (secondary N) is 1. The predicted octanol–water partition coefficient (Wildman–Crippen LogP) is 0.455. The lowest BCUT2D eigenvalue weighted by Gasteiger charge is -2.08. The van der Waals surface area contributed by atoms with Gasteiger partial charge in [-0.3, -0.25) is 9.59 Å². The molecule has 1 amide bonds. The molecule has 0 aliphatic heterocycles. The van der Waals surface area contributed by atoms with E-state index in [1.165, 1.54) is 18.9 Å². The number of rotatable bonds is 3. The van der Waals surface area contributed by atoms with Crippen LogP contribution in [0.15, 0.2) is 10.9 Å². The number of nitrogens with zero attached hydrogens (tertiary/aromatic N) is 1. The van der Waals surface area contributed by atoms with Crippen molar-refractivity contribution >= 4 is 5.91 Å². The normalized spacial score (nSPS) is 16.5. The molecule has 0 unspecified atom stereocenters. The van der Waals surface area contributed by atoms with Gasteiger partial charge in [-0.15, -0.1) is 0 Å². The van der Waals surface area contributed by atoms with Crippen molar-refractivity contribution < 1.29 is 4.79 Å². The minimum atomic E-state index is -0.480. The highest BCUT2D eigenvalue weighted by atomic mass is 16.1. The molecule has 1 saturated carbocycles. The van der Waals surface area contributed by atoms with E-state index in [4.69, 9.17) is 5.73 Å². The topological polar surface area (TPSA) is 88.8 Å². The molecule has 1 heterocycles. The molecule has 1 aliphatic rings. The maximum atomic E-state index is 11.4. The van der Waals surface area contributed by atoms with Gasteiger partial charge in [0.25, 0.3) is 5.56 Å². The summed E-state index contributed by atoms with van der Waals surface area (Å²) in [5.74, 6) is 0.266. The van der Waals surface area contributed by atoms with Gasteiger partial charge in [-0.05, 0) is 12.8 Å². The first kappa shape index (κ1) is 10.9. The van der Waals surface area contributed by atoms with Crippen LogP contribution in [0.1, 0.15) is 43.1 Å². The third-order valence-corrected chi connectivity index (χ3v) is 2.93. The summed E-state index contributed by atoms with van der Waals surface area (Å²) in [6, 6.07) is 1.53. The number of hydrogen-bond donors (Lipinski definition) is 2. The lowest BCUT2D eigenvalue weighted by molar-refractivity contribution is -0.117. The fourth-order valence-corrected chi connectivity index (χ4v) is 2.21. The van der Waals surface area contributed by atoms with Crippen molar-refractivity contribution in [2.75, 3.05) is 0 Å². The zero-order valence-corrected chi connectivity index (χ0v) is 9.03. The minimum Gasteiger partial charge on any atom is -0.369 e. The molecule has 3 N–H and O–H groups in total. The molecule has 2 rings (SSSR count). The third kappa shape index (κ3) is 2.48. The Kier molecular flexibility index (Phi) is 3.03. The Balaban J connectivity index is 2.27. The molecule has 0 radical (unpaired) electrons. The molecular weight excluding hydrogens is 206 g/mol. The van der Waals surface area contributed by atoms with Crippen LogP contribution in [0.4, 0.5) is 0 Å². The number of aromatic nitrogens is 2. The van der Waals surface area contributed by atoms with Crippen molar-refractivity contribution in [2.45, 2.75) is 38.0 Å². The van der Waals surface area contributed by atoms with Gasteiger partial charge in [-0.25, -0.2) is 4.98 Å². The van der Waals surface area contributed by atoms with Crippen LogP contribution in [-0.4, -0.2) is 15.9 Å². The fraction of sp³-hybridized carbons (Fsp3) is 0.545. The van der Waals surface area contributed by atoms with Crippen molar-refractivity contribution in [3.63, 3.8) is 0 Å². The second kappa shape index (κ2) is 4.47. The first-order valence-corrected chi connectivity index (χ1v) is 5.53. The van der Waals surface area contributed by atoms with E-state index in [-0.39, 0.29) is 12.0 Å². The number of amides is 1. The van der Waals surface area contributed by atoms with Gasteiger partial charge < -0.3 is 10.7 Å². The van der Waals surface area contributed by atoms with E-state index in [0.717, 1.165) is 18.5 Å². The maximum absolute atomic E-state index is 11.4. The third-order valence-electron chi connectivity index (χ3n) is 2.93. The summed E-state index contributed by atoms with van der Waals surface area (Å²) in [6.07, 6.45) is 4.52.